The fourth-order valence-corrected chi connectivity index (χ4v) is 3.99. The van der Waals surface area contributed by atoms with Gasteiger partial charge in [-0.25, -0.2) is 0 Å². The van der Waals surface area contributed by atoms with Gasteiger partial charge in [0, 0.05) is 15.8 Å². The maximum atomic E-state index is 10.1. The summed E-state index contributed by atoms with van der Waals surface area (Å²) in [7, 11) is 0. The minimum Gasteiger partial charge on any atom is -0.392 e. The number of aliphatic hydroxyl groups excluding tert-OH is 1. The fourth-order valence-electron chi connectivity index (χ4n) is 2.43. The van der Waals surface area contributed by atoms with Crippen LogP contribution in [0.25, 0.3) is 0 Å². The number of halogens is 1. The van der Waals surface area contributed by atoms with Crippen molar-refractivity contribution in [2.24, 2.45) is 11.8 Å². The summed E-state index contributed by atoms with van der Waals surface area (Å²) in [5.74, 6) is 1.32. The summed E-state index contributed by atoms with van der Waals surface area (Å²) in [5.41, 5.74) is 0. The maximum absolute atomic E-state index is 10.1. The van der Waals surface area contributed by atoms with Crippen LogP contribution in [-0.4, -0.2) is 11.2 Å². The molecule has 0 saturated heterocycles. The molecule has 0 spiro atoms. The quantitative estimate of drug-likeness (QED) is 0.896. The van der Waals surface area contributed by atoms with Crippen molar-refractivity contribution in [3.05, 3.63) is 20.8 Å². The molecule has 0 amide bonds. The zero-order chi connectivity index (χ0) is 10.8. The molecule has 1 aliphatic rings. The third-order valence-corrected chi connectivity index (χ3v) is 5.31. The summed E-state index contributed by atoms with van der Waals surface area (Å²) in [4.78, 5) is 1.28. The SMILES string of the molecule is CC1CCC(C(O)Cc2sccc2Br)C1. The summed E-state index contributed by atoms with van der Waals surface area (Å²) >= 11 is 5.25. The van der Waals surface area contributed by atoms with E-state index < -0.39 is 0 Å². The Hall–Kier alpha value is 0.140. The Bertz CT molecular complexity index is 323. The highest BCUT2D eigenvalue weighted by atomic mass is 79.9. The van der Waals surface area contributed by atoms with Gasteiger partial charge in [0.1, 0.15) is 0 Å². The molecule has 1 aromatic heterocycles. The summed E-state index contributed by atoms with van der Waals surface area (Å²) < 4.78 is 1.15. The topological polar surface area (TPSA) is 20.2 Å². The van der Waals surface area contributed by atoms with E-state index in [0.29, 0.717) is 5.92 Å². The van der Waals surface area contributed by atoms with Gasteiger partial charge in [-0.05, 0) is 52.1 Å². The lowest BCUT2D eigenvalue weighted by Crippen LogP contribution is -2.20. The van der Waals surface area contributed by atoms with E-state index >= 15 is 0 Å². The van der Waals surface area contributed by atoms with E-state index in [-0.39, 0.29) is 6.10 Å². The molecule has 1 nitrogen and oxygen atoms in total. The van der Waals surface area contributed by atoms with Crippen molar-refractivity contribution in [3.63, 3.8) is 0 Å². The molecule has 1 aromatic rings. The molecule has 1 saturated carbocycles. The standard InChI is InChI=1S/C12H17BrOS/c1-8-2-3-9(6-8)11(14)7-12-10(13)4-5-15-12/h4-5,8-9,11,14H,2-3,6-7H2,1H3. The number of hydrogen-bond acceptors (Lipinski definition) is 2. The van der Waals surface area contributed by atoms with E-state index in [1.54, 1.807) is 11.3 Å². The van der Waals surface area contributed by atoms with E-state index in [4.69, 9.17) is 0 Å². The highest BCUT2D eigenvalue weighted by Gasteiger charge is 2.28. The fraction of sp³-hybridized carbons (Fsp3) is 0.667. The van der Waals surface area contributed by atoms with Gasteiger partial charge in [-0.1, -0.05) is 13.3 Å². The van der Waals surface area contributed by atoms with Crippen molar-refractivity contribution < 1.29 is 5.11 Å². The van der Waals surface area contributed by atoms with Gasteiger partial charge in [0.15, 0.2) is 0 Å². The first kappa shape index (κ1) is 11.6. The average molecular weight is 289 g/mol. The van der Waals surface area contributed by atoms with Crippen molar-refractivity contribution >= 4 is 27.3 Å². The molecule has 3 atom stereocenters. The Morgan fingerprint density at radius 2 is 2.40 bits per heavy atom. The Morgan fingerprint density at radius 1 is 1.60 bits per heavy atom. The first-order valence-electron chi connectivity index (χ1n) is 5.56. The Kier molecular flexibility index (Phi) is 3.86. The lowest BCUT2D eigenvalue weighted by atomic mass is 9.96. The molecule has 84 valence electrons. The molecule has 0 aromatic carbocycles. The van der Waals surface area contributed by atoms with E-state index in [0.717, 1.165) is 16.8 Å². The minimum atomic E-state index is -0.148. The van der Waals surface area contributed by atoms with Crippen LogP contribution >= 0.6 is 27.3 Å². The molecule has 1 aliphatic carbocycles. The van der Waals surface area contributed by atoms with Gasteiger partial charge in [0.25, 0.3) is 0 Å². The van der Waals surface area contributed by atoms with Crippen LogP contribution in [0.3, 0.4) is 0 Å². The highest BCUT2D eigenvalue weighted by Crippen LogP contribution is 2.35. The van der Waals surface area contributed by atoms with Crippen molar-refractivity contribution in [3.8, 4) is 0 Å². The Balaban J connectivity index is 1.92. The summed E-state index contributed by atoms with van der Waals surface area (Å²) in [5, 5.41) is 12.2. The van der Waals surface area contributed by atoms with E-state index in [2.05, 4.69) is 34.3 Å². The van der Waals surface area contributed by atoms with Gasteiger partial charge in [0.05, 0.1) is 6.10 Å². The van der Waals surface area contributed by atoms with Crippen LogP contribution in [0.15, 0.2) is 15.9 Å². The summed E-state index contributed by atoms with van der Waals surface area (Å²) in [6.45, 7) is 2.29. The molecule has 1 N–H and O–H groups in total. The van der Waals surface area contributed by atoms with E-state index in [1.807, 2.05) is 0 Å². The molecule has 1 heterocycles. The lowest BCUT2D eigenvalue weighted by Gasteiger charge is -2.17. The average Bonchev–Trinajstić information content (AvgIpc) is 2.77. The summed E-state index contributed by atoms with van der Waals surface area (Å²) in [6, 6.07) is 2.06. The van der Waals surface area contributed by atoms with Gasteiger partial charge in [-0.3, -0.25) is 0 Å². The number of thiophene rings is 1. The van der Waals surface area contributed by atoms with Crippen molar-refractivity contribution in [2.75, 3.05) is 0 Å². The molecular weight excluding hydrogens is 272 g/mol. The van der Waals surface area contributed by atoms with Crippen LogP contribution < -0.4 is 0 Å². The predicted molar refractivity (Wildman–Crippen MR) is 68.2 cm³/mol. The molecule has 1 fully saturated rings. The van der Waals surface area contributed by atoms with Gasteiger partial charge >= 0.3 is 0 Å². The molecule has 0 bridgehead atoms. The zero-order valence-electron chi connectivity index (χ0n) is 8.95. The normalized spacial score (nSPS) is 28.2. The van der Waals surface area contributed by atoms with E-state index in [9.17, 15) is 5.11 Å². The van der Waals surface area contributed by atoms with Gasteiger partial charge in [-0.15, -0.1) is 11.3 Å². The first-order chi connectivity index (χ1) is 7.16. The molecule has 3 heteroatoms. The van der Waals surface area contributed by atoms with Crippen LogP contribution in [0.5, 0.6) is 0 Å². The predicted octanol–water partition coefficient (Wildman–Crippen LogP) is 3.85. The van der Waals surface area contributed by atoms with Crippen LogP contribution in [-0.2, 0) is 6.42 Å². The lowest BCUT2D eigenvalue weighted by molar-refractivity contribution is 0.110. The minimum absolute atomic E-state index is 0.148. The third-order valence-electron chi connectivity index (χ3n) is 3.37. The number of rotatable bonds is 3. The molecule has 3 unspecified atom stereocenters. The molecule has 15 heavy (non-hydrogen) atoms. The van der Waals surface area contributed by atoms with Crippen molar-refractivity contribution in [1.82, 2.24) is 0 Å². The Morgan fingerprint density at radius 3 is 2.93 bits per heavy atom. The van der Waals surface area contributed by atoms with Crippen molar-refractivity contribution in [1.29, 1.82) is 0 Å². The largest absolute Gasteiger partial charge is 0.392 e. The smallest absolute Gasteiger partial charge is 0.0617 e. The van der Waals surface area contributed by atoms with Crippen LogP contribution in [0.4, 0.5) is 0 Å². The summed E-state index contributed by atoms with van der Waals surface area (Å²) in [6.07, 6.45) is 4.35. The molecular formula is C12H17BrOS. The van der Waals surface area contributed by atoms with Crippen molar-refractivity contribution in [2.45, 2.75) is 38.7 Å². The van der Waals surface area contributed by atoms with Gasteiger partial charge in [0.2, 0.25) is 0 Å². The first-order valence-corrected chi connectivity index (χ1v) is 7.24. The van der Waals surface area contributed by atoms with Crippen LogP contribution in [0, 0.1) is 11.8 Å². The third kappa shape index (κ3) is 2.83. The number of hydrogen-bond donors (Lipinski definition) is 1. The second-order valence-electron chi connectivity index (χ2n) is 4.64. The van der Waals surface area contributed by atoms with Gasteiger partial charge in [-0.2, -0.15) is 0 Å². The molecule has 2 rings (SSSR count). The zero-order valence-corrected chi connectivity index (χ0v) is 11.4. The van der Waals surface area contributed by atoms with Gasteiger partial charge < -0.3 is 5.11 Å². The van der Waals surface area contributed by atoms with Crippen LogP contribution in [0.1, 0.15) is 31.1 Å². The molecule has 0 aliphatic heterocycles. The maximum Gasteiger partial charge on any atom is 0.0617 e. The highest BCUT2D eigenvalue weighted by molar-refractivity contribution is 9.10. The second-order valence-corrected chi connectivity index (χ2v) is 6.50. The van der Waals surface area contributed by atoms with Crippen LogP contribution in [0.2, 0.25) is 0 Å². The second kappa shape index (κ2) is 4.98. The monoisotopic (exact) mass is 288 g/mol. The number of aliphatic hydroxyl groups is 1. The Labute approximate surface area is 104 Å². The van der Waals surface area contributed by atoms with E-state index in [1.165, 1.54) is 24.1 Å². The molecule has 0 radical (unpaired) electrons.